The summed E-state index contributed by atoms with van der Waals surface area (Å²) in [5.74, 6) is -0.107. The fraction of sp³-hybridized carbons (Fsp3) is 0.143. The zero-order valence-corrected chi connectivity index (χ0v) is 10.4. The number of benzene rings is 2. The lowest BCUT2D eigenvalue weighted by molar-refractivity contribution is 0.363. The summed E-state index contributed by atoms with van der Waals surface area (Å²) >= 11 is 0. The van der Waals surface area contributed by atoms with E-state index in [1.165, 1.54) is 12.1 Å². The summed E-state index contributed by atoms with van der Waals surface area (Å²) in [6, 6.07) is 9.49. The van der Waals surface area contributed by atoms with Crippen LogP contribution < -0.4 is 10.2 Å². The summed E-state index contributed by atoms with van der Waals surface area (Å²) in [5.41, 5.74) is -0.650. The maximum atomic E-state index is 13.3. The van der Waals surface area contributed by atoms with Crippen LogP contribution in [0.4, 0.5) is 12.9 Å². The van der Waals surface area contributed by atoms with E-state index in [0.29, 0.717) is 5.39 Å². The van der Waals surface area contributed by atoms with Crippen molar-refractivity contribution < 1.29 is 17.7 Å². The van der Waals surface area contributed by atoms with Crippen molar-refractivity contribution >= 4 is 23.2 Å². The van der Waals surface area contributed by atoms with Crippen LogP contribution >= 0.6 is 0 Å². The maximum absolute atomic E-state index is 13.3. The van der Waals surface area contributed by atoms with Crippen molar-refractivity contribution in [2.75, 3.05) is 6.61 Å². The summed E-state index contributed by atoms with van der Waals surface area (Å²) < 4.78 is 45.0. The maximum Gasteiger partial charge on any atom is 0.513 e. The van der Waals surface area contributed by atoms with Gasteiger partial charge >= 0.3 is 6.98 Å². The highest BCUT2D eigenvalue weighted by Gasteiger charge is 2.31. The monoisotopic (exact) mass is 265 g/mol. The first kappa shape index (κ1) is 13.5. The standard InChI is InChI=1S/C14H13BF3O/c1-2-3-10-19-13-9-8-11-6-4-5-7-12(11)14(13)15(16,17)18/h2-9H,10H2,1H3/q-1. The Labute approximate surface area is 109 Å². The average Bonchev–Trinajstić information content (AvgIpc) is 2.37. The molecular weight excluding hydrogens is 252 g/mol. The molecule has 0 aliphatic rings. The first-order chi connectivity index (χ1) is 9.04. The molecule has 0 saturated carbocycles. The van der Waals surface area contributed by atoms with E-state index in [1.54, 1.807) is 43.3 Å². The van der Waals surface area contributed by atoms with Gasteiger partial charge in [0, 0.05) is 0 Å². The van der Waals surface area contributed by atoms with Crippen molar-refractivity contribution in [3.05, 3.63) is 48.6 Å². The molecule has 0 aliphatic heterocycles. The molecule has 0 bridgehead atoms. The second-order valence-electron chi connectivity index (χ2n) is 4.15. The van der Waals surface area contributed by atoms with Gasteiger partial charge in [-0.15, -0.1) is 0 Å². The molecule has 0 N–H and O–H groups in total. The zero-order valence-electron chi connectivity index (χ0n) is 10.4. The molecule has 0 heterocycles. The second-order valence-corrected chi connectivity index (χ2v) is 4.15. The van der Waals surface area contributed by atoms with Crippen LogP contribution in [-0.2, 0) is 0 Å². The van der Waals surface area contributed by atoms with Crippen LogP contribution in [0.25, 0.3) is 10.8 Å². The predicted molar refractivity (Wildman–Crippen MR) is 73.0 cm³/mol. The van der Waals surface area contributed by atoms with Crippen LogP contribution in [0.15, 0.2) is 48.6 Å². The minimum absolute atomic E-state index is 0.107. The van der Waals surface area contributed by atoms with Gasteiger partial charge in [-0.3, -0.25) is 0 Å². The minimum atomic E-state index is -5.12. The van der Waals surface area contributed by atoms with Crippen LogP contribution in [-0.4, -0.2) is 13.6 Å². The van der Waals surface area contributed by atoms with E-state index < -0.39 is 12.4 Å². The van der Waals surface area contributed by atoms with Gasteiger partial charge in [0.15, 0.2) is 0 Å². The molecule has 0 unspecified atom stereocenters. The molecule has 19 heavy (non-hydrogen) atoms. The van der Waals surface area contributed by atoms with E-state index in [1.807, 2.05) is 0 Å². The molecule has 5 heteroatoms. The van der Waals surface area contributed by atoms with Crippen molar-refractivity contribution in [2.24, 2.45) is 0 Å². The second kappa shape index (κ2) is 5.39. The smallest absolute Gasteiger partial charge is 0.493 e. The molecule has 2 aromatic carbocycles. The highest BCUT2D eigenvalue weighted by molar-refractivity contribution is 6.76. The molecular formula is C14H13BF3O-. The van der Waals surface area contributed by atoms with Crippen LogP contribution in [0.3, 0.4) is 0 Å². The van der Waals surface area contributed by atoms with Gasteiger partial charge in [-0.2, -0.15) is 0 Å². The van der Waals surface area contributed by atoms with Gasteiger partial charge in [0.05, 0.1) is 5.75 Å². The molecule has 2 aromatic rings. The molecule has 0 aromatic heterocycles. The molecule has 0 aliphatic carbocycles. The molecule has 0 amide bonds. The summed E-state index contributed by atoms with van der Waals surface area (Å²) in [7, 11) is 0. The molecule has 0 spiro atoms. The Morgan fingerprint density at radius 2 is 1.84 bits per heavy atom. The lowest BCUT2D eigenvalue weighted by Gasteiger charge is -2.22. The van der Waals surface area contributed by atoms with Gasteiger partial charge in [-0.1, -0.05) is 47.9 Å². The van der Waals surface area contributed by atoms with Gasteiger partial charge in [-0.05, 0) is 23.8 Å². The fourth-order valence-corrected chi connectivity index (χ4v) is 1.97. The van der Waals surface area contributed by atoms with Gasteiger partial charge in [0.2, 0.25) is 0 Å². The quantitative estimate of drug-likeness (QED) is 0.602. The Morgan fingerprint density at radius 1 is 1.11 bits per heavy atom. The van der Waals surface area contributed by atoms with Gasteiger partial charge in [-0.25, -0.2) is 0 Å². The van der Waals surface area contributed by atoms with Crippen molar-refractivity contribution in [1.29, 1.82) is 0 Å². The van der Waals surface area contributed by atoms with Gasteiger partial charge < -0.3 is 17.7 Å². The van der Waals surface area contributed by atoms with E-state index >= 15 is 0 Å². The normalized spacial score (nSPS) is 12.2. The number of ether oxygens (including phenoxy) is 1. The van der Waals surface area contributed by atoms with Crippen LogP contribution in [0, 0.1) is 0 Å². The highest BCUT2D eigenvalue weighted by Crippen LogP contribution is 2.25. The lowest BCUT2D eigenvalue weighted by Crippen LogP contribution is -2.36. The summed E-state index contributed by atoms with van der Waals surface area (Å²) in [4.78, 5) is 0. The van der Waals surface area contributed by atoms with Crippen molar-refractivity contribution in [2.45, 2.75) is 6.92 Å². The number of rotatable bonds is 4. The Morgan fingerprint density at radius 3 is 2.53 bits per heavy atom. The molecule has 0 atom stereocenters. The van der Waals surface area contributed by atoms with Gasteiger partial charge in [0.25, 0.3) is 0 Å². The number of hydrogen-bond donors (Lipinski definition) is 0. The van der Waals surface area contributed by atoms with Crippen molar-refractivity contribution in [3.63, 3.8) is 0 Å². The first-order valence-electron chi connectivity index (χ1n) is 5.99. The van der Waals surface area contributed by atoms with E-state index in [9.17, 15) is 12.9 Å². The third kappa shape index (κ3) is 2.92. The molecule has 1 nitrogen and oxygen atoms in total. The van der Waals surface area contributed by atoms with Crippen molar-refractivity contribution in [3.8, 4) is 5.75 Å². The Kier molecular flexibility index (Phi) is 3.83. The van der Waals surface area contributed by atoms with Crippen LogP contribution in [0.1, 0.15) is 6.92 Å². The first-order valence-corrected chi connectivity index (χ1v) is 5.99. The van der Waals surface area contributed by atoms with E-state index in [-0.39, 0.29) is 17.7 Å². The Bertz CT molecular complexity index is 605. The predicted octanol–water partition coefficient (Wildman–Crippen LogP) is 3.85. The number of fused-ring (bicyclic) bond motifs is 1. The minimum Gasteiger partial charge on any atom is -0.493 e. The number of halogens is 3. The van der Waals surface area contributed by atoms with Crippen LogP contribution in [0.2, 0.25) is 0 Å². The average molecular weight is 265 g/mol. The zero-order chi connectivity index (χ0) is 13.9. The summed E-state index contributed by atoms with van der Waals surface area (Å²) in [5, 5.41) is 0.753. The van der Waals surface area contributed by atoms with Crippen LogP contribution in [0.5, 0.6) is 5.75 Å². The third-order valence-electron chi connectivity index (χ3n) is 2.83. The molecule has 0 radical (unpaired) electrons. The third-order valence-corrected chi connectivity index (χ3v) is 2.83. The molecule has 100 valence electrons. The highest BCUT2D eigenvalue weighted by atomic mass is 19.4. The van der Waals surface area contributed by atoms with Gasteiger partial charge in [0.1, 0.15) is 6.61 Å². The largest absolute Gasteiger partial charge is 0.513 e. The Hall–Kier alpha value is -1.91. The Balaban J connectivity index is 2.57. The topological polar surface area (TPSA) is 9.23 Å². The van der Waals surface area contributed by atoms with E-state index in [2.05, 4.69) is 0 Å². The molecule has 0 saturated heterocycles. The fourth-order valence-electron chi connectivity index (χ4n) is 1.97. The molecule has 0 fully saturated rings. The van der Waals surface area contributed by atoms with Crippen molar-refractivity contribution in [1.82, 2.24) is 0 Å². The SMILES string of the molecule is CC=CCOc1ccc2ccccc2c1[B-](F)(F)F. The lowest BCUT2D eigenvalue weighted by atomic mass is 9.76. The van der Waals surface area contributed by atoms with E-state index in [0.717, 1.165) is 0 Å². The summed E-state index contributed by atoms with van der Waals surface area (Å²) in [6.45, 7) is -3.20. The van der Waals surface area contributed by atoms with E-state index in [4.69, 9.17) is 4.74 Å². The molecule has 2 rings (SSSR count). The summed E-state index contributed by atoms with van der Waals surface area (Å²) in [6.07, 6.45) is 3.40. The number of allylic oxidation sites excluding steroid dienone is 1. The number of hydrogen-bond acceptors (Lipinski definition) is 1.